The van der Waals surface area contributed by atoms with Gasteiger partial charge in [-0.3, -0.25) is 0 Å². The number of ether oxygens (including phenoxy) is 1. The highest BCUT2D eigenvalue weighted by atomic mass is 19.1. The first kappa shape index (κ1) is 11.8. The Kier molecular flexibility index (Phi) is 3.56. The fraction of sp³-hybridized carbons (Fsp3) is 0.231. The van der Waals surface area contributed by atoms with Gasteiger partial charge in [-0.25, -0.2) is 4.39 Å². The van der Waals surface area contributed by atoms with E-state index in [4.69, 9.17) is 14.9 Å². The molecule has 2 rings (SSSR count). The van der Waals surface area contributed by atoms with E-state index in [1.807, 2.05) is 12.1 Å². The van der Waals surface area contributed by atoms with Gasteiger partial charge in [0, 0.05) is 7.11 Å². The number of nitrogens with two attached hydrogens (primary N) is 1. The zero-order valence-corrected chi connectivity index (χ0v) is 9.52. The van der Waals surface area contributed by atoms with E-state index in [1.54, 1.807) is 19.2 Å². The van der Waals surface area contributed by atoms with Crippen molar-refractivity contribution in [3.8, 4) is 0 Å². The maximum atomic E-state index is 12.8. The highest BCUT2D eigenvalue weighted by Crippen LogP contribution is 2.22. The number of hydrogen-bond donors (Lipinski definition) is 1. The number of rotatable bonds is 4. The molecule has 3 nitrogen and oxygen atoms in total. The molecule has 1 atom stereocenters. The third-order valence-electron chi connectivity index (χ3n) is 2.50. The summed E-state index contributed by atoms with van der Waals surface area (Å²) in [6.45, 7) is 0.413. The molecule has 0 saturated carbocycles. The Hall–Kier alpha value is -1.65. The van der Waals surface area contributed by atoms with Crippen LogP contribution >= 0.6 is 0 Å². The first-order valence-corrected chi connectivity index (χ1v) is 5.29. The third-order valence-corrected chi connectivity index (χ3v) is 2.50. The maximum absolute atomic E-state index is 12.8. The van der Waals surface area contributed by atoms with Crippen LogP contribution in [-0.4, -0.2) is 7.11 Å². The minimum atomic E-state index is -0.388. The molecule has 0 bridgehead atoms. The summed E-state index contributed by atoms with van der Waals surface area (Å²) in [6.07, 6.45) is 0. The highest BCUT2D eigenvalue weighted by Gasteiger charge is 2.13. The predicted octanol–water partition coefficient (Wildman–Crippen LogP) is 2.61. The van der Waals surface area contributed by atoms with Crippen molar-refractivity contribution >= 4 is 0 Å². The van der Waals surface area contributed by atoms with Crippen LogP contribution in [0.4, 0.5) is 4.39 Å². The molecular formula is C13H14FNO2. The number of benzene rings is 1. The van der Waals surface area contributed by atoms with E-state index in [1.165, 1.54) is 12.1 Å². The van der Waals surface area contributed by atoms with Crippen LogP contribution in [0.2, 0.25) is 0 Å². The van der Waals surface area contributed by atoms with Crippen LogP contribution in [0.15, 0.2) is 40.8 Å². The average Bonchev–Trinajstić information content (AvgIpc) is 2.78. The number of methoxy groups -OCH3 is 1. The third kappa shape index (κ3) is 2.72. The molecule has 4 heteroatoms. The molecular weight excluding hydrogens is 221 g/mol. The van der Waals surface area contributed by atoms with Crippen molar-refractivity contribution in [3.05, 3.63) is 59.3 Å². The van der Waals surface area contributed by atoms with Crippen LogP contribution in [0.5, 0.6) is 0 Å². The molecule has 1 aromatic heterocycles. The zero-order chi connectivity index (χ0) is 12.3. The van der Waals surface area contributed by atoms with Crippen LogP contribution in [0.1, 0.15) is 23.1 Å². The van der Waals surface area contributed by atoms with Crippen molar-refractivity contribution in [2.24, 2.45) is 5.73 Å². The topological polar surface area (TPSA) is 48.4 Å². The lowest BCUT2D eigenvalue weighted by molar-refractivity contribution is 0.162. The van der Waals surface area contributed by atoms with Crippen molar-refractivity contribution in [1.82, 2.24) is 0 Å². The molecule has 0 aliphatic heterocycles. The van der Waals surface area contributed by atoms with Crippen molar-refractivity contribution in [2.45, 2.75) is 12.6 Å². The molecule has 0 aliphatic rings. The Morgan fingerprint density at radius 1 is 1.24 bits per heavy atom. The normalized spacial score (nSPS) is 12.6. The summed E-state index contributed by atoms with van der Waals surface area (Å²) in [4.78, 5) is 0. The van der Waals surface area contributed by atoms with Gasteiger partial charge in [0.1, 0.15) is 23.9 Å². The minimum absolute atomic E-state index is 0.277. The smallest absolute Gasteiger partial charge is 0.129 e. The SMILES string of the molecule is COCc1ccc(C(N)c2ccc(F)cc2)o1. The molecule has 0 saturated heterocycles. The van der Waals surface area contributed by atoms with Gasteiger partial charge in [0.05, 0.1) is 6.04 Å². The Morgan fingerprint density at radius 2 is 1.94 bits per heavy atom. The second-order valence-corrected chi connectivity index (χ2v) is 3.77. The van der Waals surface area contributed by atoms with Crippen LogP contribution in [-0.2, 0) is 11.3 Å². The summed E-state index contributed by atoms with van der Waals surface area (Å²) >= 11 is 0. The lowest BCUT2D eigenvalue weighted by Crippen LogP contribution is -2.10. The quantitative estimate of drug-likeness (QED) is 0.886. The monoisotopic (exact) mass is 235 g/mol. The van der Waals surface area contributed by atoms with E-state index < -0.39 is 0 Å². The fourth-order valence-corrected chi connectivity index (χ4v) is 1.62. The Bertz CT molecular complexity index is 478. The molecule has 1 aromatic carbocycles. The van der Waals surface area contributed by atoms with E-state index in [0.717, 1.165) is 11.3 Å². The van der Waals surface area contributed by atoms with Gasteiger partial charge < -0.3 is 14.9 Å². The van der Waals surface area contributed by atoms with Gasteiger partial charge in [0.2, 0.25) is 0 Å². The first-order chi connectivity index (χ1) is 8.20. The molecule has 17 heavy (non-hydrogen) atoms. The zero-order valence-electron chi connectivity index (χ0n) is 9.52. The van der Waals surface area contributed by atoms with Gasteiger partial charge in [0.15, 0.2) is 0 Å². The van der Waals surface area contributed by atoms with Gasteiger partial charge in [-0.05, 0) is 29.8 Å². The Morgan fingerprint density at radius 3 is 2.59 bits per heavy atom. The van der Waals surface area contributed by atoms with E-state index in [9.17, 15) is 4.39 Å². The van der Waals surface area contributed by atoms with Crippen LogP contribution in [0.3, 0.4) is 0 Å². The molecule has 0 amide bonds. The molecule has 0 spiro atoms. The Balaban J connectivity index is 2.18. The summed E-state index contributed by atoms with van der Waals surface area (Å²) < 4.78 is 23.3. The maximum Gasteiger partial charge on any atom is 0.129 e. The standard InChI is InChI=1S/C13H14FNO2/c1-16-8-11-6-7-12(17-11)13(15)9-2-4-10(14)5-3-9/h2-7,13H,8,15H2,1H3. The van der Waals surface area contributed by atoms with Crippen molar-refractivity contribution in [2.75, 3.05) is 7.11 Å². The van der Waals surface area contributed by atoms with Crippen LogP contribution in [0, 0.1) is 5.82 Å². The van der Waals surface area contributed by atoms with E-state index in [2.05, 4.69) is 0 Å². The number of hydrogen-bond acceptors (Lipinski definition) is 3. The van der Waals surface area contributed by atoms with Gasteiger partial charge in [-0.1, -0.05) is 12.1 Å². The van der Waals surface area contributed by atoms with Crippen LogP contribution in [0.25, 0.3) is 0 Å². The lowest BCUT2D eigenvalue weighted by Gasteiger charge is -2.08. The molecule has 1 heterocycles. The molecule has 2 N–H and O–H groups in total. The van der Waals surface area contributed by atoms with Gasteiger partial charge >= 0.3 is 0 Å². The highest BCUT2D eigenvalue weighted by molar-refractivity contribution is 5.27. The van der Waals surface area contributed by atoms with Crippen molar-refractivity contribution < 1.29 is 13.5 Å². The van der Waals surface area contributed by atoms with Gasteiger partial charge in [-0.15, -0.1) is 0 Å². The van der Waals surface area contributed by atoms with Crippen molar-refractivity contribution in [1.29, 1.82) is 0 Å². The molecule has 0 fully saturated rings. The van der Waals surface area contributed by atoms with Gasteiger partial charge in [-0.2, -0.15) is 0 Å². The number of halogens is 1. The summed E-state index contributed by atoms with van der Waals surface area (Å²) in [6, 6.07) is 9.31. The second-order valence-electron chi connectivity index (χ2n) is 3.77. The molecule has 0 aliphatic carbocycles. The molecule has 90 valence electrons. The largest absolute Gasteiger partial charge is 0.462 e. The minimum Gasteiger partial charge on any atom is -0.462 e. The first-order valence-electron chi connectivity index (χ1n) is 5.29. The number of furan rings is 1. The summed E-state index contributed by atoms with van der Waals surface area (Å²) in [7, 11) is 1.60. The Labute approximate surface area is 99.0 Å². The molecule has 1 unspecified atom stereocenters. The predicted molar refractivity (Wildman–Crippen MR) is 61.9 cm³/mol. The summed E-state index contributed by atoms with van der Waals surface area (Å²) in [5.41, 5.74) is 6.83. The van der Waals surface area contributed by atoms with Crippen molar-refractivity contribution in [3.63, 3.8) is 0 Å². The van der Waals surface area contributed by atoms with E-state index in [-0.39, 0.29) is 11.9 Å². The van der Waals surface area contributed by atoms with E-state index >= 15 is 0 Å². The summed E-state index contributed by atoms with van der Waals surface area (Å²) in [5.74, 6) is 1.09. The lowest BCUT2D eigenvalue weighted by atomic mass is 10.1. The molecule has 0 radical (unpaired) electrons. The van der Waals surface area contributed by atoms with E-state index in [0.29, 0.717) is 12.4 Å². The average molecular weight is 235 g/mol. The van der Waals surface area contributed by atoms with Gasteiger partial charge in [0.25, 0.3) is 0 Å². The molecule has 2 aromatic rings. The van der Waals surface area contributed by atoms with Crippen LogP contribution < -0.4 is 5.73 Å². The second kappa shape index (κ2) is 5.12. The fourth-order valence-electron chi connectivity index (χ4n) is 1.62. The summed E-state index contributed by atoms with van der Waals surface area (Å²) in [5, 5.41) is 0.